The van der Waals surface area contributed by atoms with Gasteiger partial charge in [-0.1, -0.05) is 6.07 Å². The van der Waals surface area contributed by atoms with Crippen LogP contribution in [0.15, 0.2) is 30.6 Å². The second kappa shape index (κ2) is 6.60. The number of nitrogens with one attached hydrogen (secondary N) is 1. The summed E-state index contributed by atoms with van der Waals surface area (Å²) >= 11 is 0. The summed E-state index contributed by atoms with van der Waals surface area (Å²) in [6.45, 7) is 6.93. The molecule has 0 saturated heterocycles. The molecule has 0 radical (unpaired) electrons. The molecule has 1 aromatic carbocycles. The molecule has 6 heteroatoms. The standard InChI is InChI=1S/C17H23N3O3/c1-11-7-19-20(9-11)13(3)12(2)18-8-15(21)14-4-5-16-17(6-14)23-10-22-16/h4-7,9,12-13,15,18,21H,8,10H2,1-3H3/t12-,13+,15+/m0/s1. The first kappa shape index (κ1) is 15.8. The van der Waals surface area contributed by atoms with Crippen molar-refractivity contribution in [3.63, 3.8) is 0 Å². The molecule has 1 aliphatic heterocycles. The highest BCUT2D eigenvalue weighted by molar-refractivity contribution is 5.45. The monoisotopic (exact) mass is 317 g/mol. The molecule has 3 atom stereocenters. The molecule has 6 nitrogen and oxygen atoms in total. The number of aliphatic hydroxyl groups excluding tert-OH is 1. The highest BCUT2D eigenvalue weighted by Gasteiger charge is 2.19. The average molecular weight is 317 g/mol. The lowest BCUT2D eigenvalue weighted by atomic mass is 10.1. The highest BCUT2D eigenvalue weighted by atomic mass is 16.7. The van der Waals surface area contributed by atoms with E-state index in [1.54, 1.807) is 0 Å². The van der Waals surface area contributed by atoms with E-state index in [0.29, 0.717) is 12.3 Å². The molecule has 124 valence electrons. The minimum Gasteiger partial charge on any atom is -0.454 e. The molecule has 2 heterocycles. The zero-order chi connectivity index (χ0) is 16.4. The van der Waals surface area contributed by atoms with Gasteiger partial charge in [-0.15, -0.1) is 0 Å². The Labute approximate surface area is 136 Å². The van der Waals surface area contributed by atoms with Crippen LogP contribution in [0, 0.1) is 6.92 Å². The first-order chi connectivity index (χ1) is 11.0. The maximum Gasteiger partial charge on any atom is 0.231 e. The number of ether oxygens (including phenoxy) is 2. The van der Waals surface area contributed by atoms with Crippen molar-refractivity contribution in [2.45, 2.75) is 39.0 Å². The Balaban J connectivity index is 1.57. The van der Waals surface area contributed by atoms with Gasteiger partial charge in [-0.3, -0.25) is 4.68 Å². The average Bonchev–Trinajstić information content (AvgIpc) is 3.19. The van der Waals surface area contributed by atoms with Crippen LogP contribution in [0.5, 0.6) is 11.5 Å². The van der Waals surface area contributed by atoms with E-state index in [1.165, 1.54) is 0 Å². The van der Waals surface area contributed by atoms with Crippen LogP contribution in [-0.4, -0.2) is 34.3 Å². The van der Waals surface area contributed by atoms with Crippen molar-refractivity contribution in [3.8, 4) is 11.5 Å². The van der Waals surface area contributed by atoms with Crippen molar-refractivity contribution < 1.29 is 14.6 Å². The van der Waals surface area contributed by atoms with Crippen molar-refractivity contribution in [1.29, 1.82) is 0 Å². The SMILES string of the molecule is Cc1cnn([C@H](C)[C@H](C)NC[C@@H](O)c2ccc3c(c2)OCO3)c1. The summed E-state index contributed by atoms with van der Waals surface area (Å²) in [6.07, 6.45) is 3.28. The first-order valence-electron chi connectivity index (χ1n) is 7.86. The third kappa shape index (κ3) is 3.48. The van der Waals surface area contributed by atoms with Crippen LogP contribution in [0.1, 0.15) is 37.1 Å². The summed E-state index contributed by atoms with van der Waals surface area (Å²) in [5, 5.41) is 18.1. The lowest BCUT2D eigenvalue weighted by Crippen LogP contribution is -2.36. The smallest absolute Gasteiger partial charge is 0.231 e. The normalized spacial score (nSPS) is 17.0. The topological polar surface area (TPSA) is 68.5 Å². The number of benzene rings is 1. The fourth-order valence-corrected chi connectivity index (χ4v) is 2.59. The van der Waals surface area contributed by atoms with Gasteiger partial charge in [0, 0.05) is 18.8 Å². The van der Waals surface area contributed by atoms with Crippen LogP contribution >= 0.6 is 0 Å². The van der Waals surface area contributed by atoms with Gasteiger partial charge in [-0.2, -0.15) is 5.10 Å². The van der Waals surface area contributed by atoms with Gasteiger partial charge in [-0.25, -0.2) is 0 Å². The first-order valence-corrected chi connectivity index (χ1v) is 7.86. The molecule has 0 amide bonds. The quantitative estimate of drug-likeness (QED) is 0.855. The van der Waals surface area contributed by atoms with Gasteiger partial charge in [0.2, 0.25) is 6.79 Å². The Bertz CT molecular complexity index is 671. The van der Waals surface area contributed by atoms with Gasteiger partial charge in [0.1, 0.15) is 0 Å². The Hall–Kier alpha value is -2.05. The Morgan fingerprint density at radius 2 is 2.09 bits per heavy atom. The molecule has 1 aromatic heterocycles. The van der Waals surface area contributed by atoms with Crippen LogP contribution in [-0.2, 0) is 0 Å². The maximum absolute atomic E-state index is 10.4. The van der Waals surface area contributed by atoms with Crippen molar-refractivity contribution in [3.05, 3.63) is 41.7 Å². The van der Waals surface area contributed by atoms with Crippen LogP contribution < -0.4 is 14.8 Å². The molecule has 2 aromatic rings. The number of hydrogen-bond donors (Lipinski definition) is 2. The van der Waals surface area contributed by atoms with E-state index in [1.807, 2.05) is 42.2 Å². The summed E-state index contributed by atoms with van der Waals surface area (Å²) in [5.41, 5.74) is 1.96. The van der Waals surface area contributed by atoms with E-state index in [4.69, 9.17) is 9.47 Å². The molecule has 0 fully saturated rings. The molecular weight excluding hydrogens is 294 g/mol. The molecule has 23 heavy (non-hydrogen) atoms. The molecule has 0 saturated carbocycles. The van der Waals surface area contributed by atoms with Crippen molar-refractivity contribution in [2.75, 3.05) is 13.3 Å². The zero-order valence-electron chi connectivity index (χ0n) is 13.7. The van der Waals surface area contributed by atoms with Crippen LogP contribution in [0.4, 0.5) is 0 Å². The van der Waals surface area contributed by atoms with Gasteiger partial charge < -0.3 is 19.9 Å². The Morgan fingerprint density at radius 1 is 1.30 bits per heavy atom. The number of hydrogen-bond acceptors (Lipinski definition) is 5. The summed E-state index contributed by atoms with van der Waals surface area (Å²) < 4.78 is 12.6. The molecule has 0 spiro atoms. The fraction of sp³-hybridized carbons (Fsp3) is 0.471. The van der Waals surface area contributed by atoms with Gasteiger partial charge in [0.15, 0.2) is 11.5 Å². The Morgan fingerprint density at radius 3 is 2.83 bits per heavy atom. The van der Waals surface area contributed by atoms with Crippen molar-refractivity contribution >= 4 is 0 Å². The van der Waals surface area contributed by atoms with Gasteiger partial charge in [0.25, 0.3) is 0 Å². The largest absolute Gasteiger partial charge is 0.454 e. The van der Waals surface area contributed by atoms with E-state index in [9.17, 15) is 5.11 Å². The van der Waals surface area contributed by atoms with E-state index in [-0.39, 0.29) is 18.9 Å². The van der Waals surface area contributed by atoms with Crippen molar-refractivity contribution in [2.24, 2.45) is 0 Å². The third-order valence-corrected chi connectivity index (χ3v) is 4.29. The van der Waals surface area contributed by atoms with Gasteiger partial charge in [0.05, 0.1) is 18.3 Å². The molecule has 0 bridgehead atoms. The lowest BCUT2D eigenvalue weighted by Gasteiger charge is -2.23. The van der Waals surface area contributed by atoms with Gasteiger partial charge in [-0.05, 0) is 44.0 Å². The number of rotatable bonds is 6. The third-order valence-electron chi connectivity index (χ3n) is 4.29. The molecule has 0 aliphatic carbocycles. The minimum atomic E-state index is -0.599. The molecular formula is C17H23N3O3. The predicted octanol–water partition coefficient (Wildman–Crippen LogP) is 2.19. The number of aromatic nitrogens is 2. The number of fused-ring (bicyclic) bond motifs is 1. The van der Waals surface area contributed by atoms with E-state index in [0.717, 1.165) is 16.9 Å². The molecule has 1 aliphatic rings. The van der Waals surface area contributed by atoms with E-state index < -0.39 is 6.10 Å². The molecule has 0 unspecified atom stereocenters. The molecule has 2 N–H and O–H groups in total. The van der Waals surface area contributed by atoms with Gasteiger partial charge >= 0.3 is 0 Å². The van der Waals surface area contributed by atoms with Crippen LogP contribution in [0.25, 0.3) is 0 Å². The second-order valence-electron chi connectivity index (χ2n) is 6.06. The number of aliphatic hydroxyl groups is 1. The number of nitrogens with zero attached hydrogens (tertiary/aromatic N) is 2. The minimum absolute atomic E-state index is 0.179. The van der Waals surface area contributed by atoms with Crippen LogP contribution in [0.2, 0.25) is 0 Å². The zero-order valence-corrected chi connectivity index (χ0v) is 13.7. The molecule has 3 rings (SSSR count). The lowest BCUT2D eigenvalue weighted by molar-refractivity contribution is 0.164. The fourth-order valence-electron chi connectivity index (χ4n) is 2.59. The number of aryl methyl sites for hydroxylation is 1. The summed E-state index contributed by atoms with van der Waals surface area (Å²) in [5.74, 6) is 1.42. The summed E-state index contributed by atoms with van der Waals surface area (Å²) in [4.78, 5) is 0. The predicted molar refractivity (Wildman–Crippen MR) is 86.7 cm³/mol. The van der Waals surface area contributed by atoms with E-state index >= 15 is 0 Å². The second-order valence-corrected chi connectivity index (χ2v) is 6.06. The highest BCUT2D eigenvalue weighted by Crippen LogP contribution is 2.34. The summed E-state index contributed by atoms with van der Waals surface area (Å²) in [6, 6.07) is 5.91. The van der Waals surface area contributed by atoms with Crippen LogP contribution in [0.3, 0.4) is 0 Å². The summed E-state index contributed by atoms with van der Waals surface area (Å²) in [7, 11) is 0. The van der Waals surface area contributed by atoms with E-state index in [2.05, 4.69) is 24.3 Å². The van der Waals surface area contributed by atoms with Crippen molar-refractivity contribution in [1.82, 2.24) is 15.1 Å². The maximum atomic E-state index is 10.4. The Kier molecular flexibility index (Phi) is 4.54.